The Labute approximate surface area is 117 Å². The molecule has 110 valence electrons. The van der Waals surface area contributed by atoms with Crippen LogP contribution < -0.4 is 11.3 Å². The smallest absolute Gasteiger partial charge is 0.280 e. The zero-order valence-electron chi connectivity index (χ0n) is 10.7. The van der Waals surface area contributed by atoms with Crippen LogP contribution in [0.5, 0.6) is 0 Å². The van der Waals surface area contributed by atoms with E-state index in [4.69, 9.17) is 16.0 Å². The van der Waals surface area contributed by atoms with Gasteiger partial charge < -0.3 is 15.6 Å². The van der Waals surface area contributed by atoms with Crippen molar-refractivity contribution >= 4 is 17.1 Å². The lowest BCUT2D eigenvalue weighted by atomic mass is 10.2. The largest absolute Gasteiger partial charge is 0.394 e. The van der Waals surface area contributed by atoms with Crippen molar-refractivity contribution in [3.05, 3.63) is 27.1 Å². The molecule has 11 heteroatoms. The van der Waals surface area contributed by atoms with E-state index in [0.717, 1.165) is 0 Å². The molecule has 1 unspecified atom stereocenters. The van der Waals surface area contributed by atoms with E-state index in [-0.39, 0.29) is 23.7 Å². The van der Waals surface area contributed by atoms with Gasteiger partial charge in [-0.3, -0.25) is 14.3 Å². The van der Waals surface area contributed by atoms with Crippen molar-refractivity contribution < 1.29 is 9.84 Å². The Balaban J connectivity index is 2.10. The highest BCUT2D eigenvalue weighted by molar-refractivity contribution is 5.70. The van der Waals surface area contributed by atoms with Crippen LogP contribution >= 0.6 is 0 Å². The number of aliphatic hydroxyl groups is 1. The minimum Gasteiger partial charge on any atom is -0.394 e. The van der Waals surface area contributed by atoms with Crippen molar-refractivity contribution in [2.45, 2.75) is 24.8 Å². The first-order chi connectivity index (χ1) is 10.1. The highest BCUT2D eigenvalue weighted by Gasteiger charge is 2.36. The fourth-order valence-electron chi connectivity index (χ4n) is 2.40. The highest BCUT2D eigenvalue weighted by atomic mass is 16.5. The number of azide groups is 1. The molecule has 1 aliphatic heterocycles. The number of anilines is 1. The van der Waals surface area contributed by atoms with E-state index < -0.39 is 23.9 Å². The number of aliphatic hydroxyl groups excluding tert-OH is 1. The van der Waals surface area contributed by atoms with E-state index in [1.165, 1.54) is 10.9 Å². The highest BCUT2D eigenvalue weighted by Crippen LogP contribution is 2.32. The van der Waals surface area contributed by atoms with Gasteiger partial charge in [0.25, 0.3) is 5.56 Å². The van der Waals surface area contributed by atoms with E-state index in [9.17, 15) is 9.90 Å². The van der Waals surface area contributed by atoms with Crippen molar-refractivity contribution in [2.24, 2.45) is 5.11 Å². The Kier molecular flexibility index (Phi) is 3.22. The van der Waals surface area contributed by atoms with Gasteiger partial charge in [0, 0.05) is 4.91 Å². The molecule has 0 spiro atoms. The third kappa shape index (κ3) is 2.18. The summed E-state index contributed by atoms with van der Waals surface area (Å²) in [6.45, 7) is -0.198. The minimum absolute atomic E-state index is 0.0497. The molecular formula is C10H12N8O3. The Hall–Kier alpha value is -2.62. The van der Waals surface area contributed by atoms with E-state index in [2.05, 4.69) is 25.0 Å². The topological polar surface area (TPSA) is 168 Å². The van der Waals surface area contributed by atoms with Gasteiger partial charge in [-0.05, 0) is 12.0 Å². The quantitative estimate of drug-likeness (QED) is 0.397. The van der Waals surface area contributed by atoms with E-state index >= 15 is 0 Å². The summed E-state index contributed by atoms with van der Waals surface area (Å²) in [6.07, 6.45) is 0.583. The Morgan fingerprint density at radius 2 is 2.52 bits per heavy atom. The summed E-state index contributed by atoms with van der Waals surface area (Å²) in [5, 5.41) is 12.9. The zero-order chi connectivity index (χ0) is 15.0. The lowest BCUT2D eigenvalue weighted by molar-refractivity contribution is -0.0238. The van der Waals surface area contributed by atoms with Crippen LogP contribution in [0.3, 0.4) is 0 Å². The van der Waals surface area contributed by atoms with E-state index in [1.807, 2.05) is 0 Å². The molecule has 0 bridgehead atoms. The predicted octanol–water partition coefficient (Wildman–Crippen LogP) is -0.340. The van der Waals surface area contributed by atoms with Gasteiger partial charge in [-0.15, -0.1) is 0 Å². The standard InChI is InChI=1S/C10H12N8O3/c11-10-14-7-6(8(20)15-10)13-3-18(7)9-5(16-17-12)1-4(2-19)21-9/h3-5,9,19H,1-2H2,(H3,11,14,15,20)/t4-,5?,9+/m0/s1. The number of nitrogen functional groups attached to an aromatic ring is 1. The number of nitrogens with one attached hydrogen (secondary N) is 1. The average molecular weight is 292 g/mol. The van der Waals surface area contributed by atoms with Crippen LogP contribution in [0.25, 0.3) is 21.6 Å². The van der Waals surface area contributed by atoms with E-state index in [0.29, 0.717) is 6.42 Å². The van der Waals surface area contributed by atoms with Crippen molar-refractivity contribution in [1.29, 1.82) is 0 Å². The summed E-state index contributed by atoms with van der Waals surface area (Å²) in [7, 11) is 0. The molecule has 1 fully saturated rings. The van der Waals surface area contributed by atoms with Crippen LogP contribution in [0.2, 0.25) is 0 Å². The first-order valence-electron chi connectivity index (χ1n) is 6.17. The molecule has 0 radical (unpaired) electrons. The van der Waals surface area contributed by atoms with Crippen LogP contribution in [0.15, 0.2) is 16.2 Å². The van der Waals surface area contributed by atoms with Gasteiger partial charge in [0.2, 0.25) is 5.95 Å². The summed E-state index contributed by atoms with van der Waals surface area (Å²) in [5.41, 5.74) is 14.0. The molecule has 0 aliphatic carbocycles. The first-order valence-corrected chi connectivity index (χ1v) is 6.17. The summed E-state index contributed by atoms with van der Waals surface area (Å²) >= 11 is 0. The molecule has 3 rings (SSSR count). The average Bonchev–Trinajstić information content (AvgIpc) is 3.02. The van der Waals surface area contributed by atoms with Gasteiger partial charge in [-0.2, -0.15) is 4.98 Å². The van der Waals surface area contributed by atoms with Gasteiger partial charge in [-0.1, -0.05) is 5.11 Å². The Morgan fingerprint density at radius 1 is 1.71 bits per heavy atom. The summed E-state index contributed by atoms with van der Waals surface area (Å²) < 4.78 is 7.11. The number of aromatic amines is 1. The number of ether oxygens (including phenoxy) is 1. The van der Waals surface area contributed by atoms with E-state index in [1.54, 1.807) is 0 Å². The Morgan fingerprint density at radius 3 is 3.24 bits per heavy atom. The molecule has 3 heterocycles. The molecule has 1 aliphatic rings. The second kappa shape index (κ2) is 5.05. The summed E-state index contributed by atoms with van der Waals surface area (Å²) in [5.74, 6) is -0.0497. The normalized spacial score (nSPS) is 25.1. The number of rotatable bonds is 3. The lowest BCUT2D eigenvalue weighted by Gasteiger charge is -2.16. The van der Waals surface area contributed by atoms with Crippen molar-refractivity contribution in [2.75, 3.05) is 12.3 Å². The summed E-state index contributed by atoms with van der Waals surface area (Å²) in [4.78, 5) is 24.9. The number of fused-ring (bicyclic) bond motifs is 1. The molecule has 4 N–H and O–H groups in total. The van der Waals surface area contributed by atoms with Crippen molar-refractivity contribution in [1.82, 2.24) is 19.5 Å². The van der Waals surface area contributed by atoms with Crippen molar-refractivity contribution in [3.8, 4) is 0 Å². The lowest BCUT2D eigenvalue weighted by Crippen LogP contribution is -2.19. The first kappa shape index (κ1) is 13.4. The number of nitrogens with zero attached hydrogens (tertiary/aromatic N) is 6. The van der Waals surface area contributed by atoms with Crippen molar-refractivity contribution in [3.63, 3.8) is 0 Å². The molecule has 1 saturated heterocycles. The third-order valence-corrected chi connectivity index (χ3v) is 3.29. The molecule has 0 amide bonds. The number of hydrogen-bond acceptors (Lipinski definition) is 7. The van der Waals surface area contributed by atoms with Gasteiger partial charge in [0.15, 0.2) is 11.2 Å². The molecule has 2 aromatic heterocycles. The second-order valence-corrected chi connectivity index (χ2v) is 4.61. The minimum atomic E-state index is -0.697. The summed E-state index contributed by atoms with van der Waals surface area (Å²) in [6, 6.07) is -0.535. The Bertz CT molecular complexity index is 776. The monoisotopic (exact) mass is 292 g/mol. The number of nitrogens with two attached hydrogens (primary N) is 1. The van der Waals surface area contributed by atoms with Gasteiger partial charge in [-0.25, -0.2) is 4.98 Å². The van der Waals surface area contributed by atoms with Crippen LogP contribution in [-0.4, -0.2) is 43.4 Å². The number of hydrogen-bond donors (Lipinski definition) is 3. The fraction of sp³-hybridized carbons (Fsp3) is 0.500. The molecule has 2 aromatic rings. The SMILES string of the molecule is [N-]=[N+]=NC1C[C@@H](CO)O[C@H]1n1cnc2c(=O)[nH]c(N)nc21. The van der Waals surface area contributed by atoms with Crippen LogP contribution in [-0.2, 0) is 4.74 Å². The number of imidazole rings is 1. The van der Waals surface area contributed by atoms with Gasteiger partial charge in [0.1, 0.15) is 6.23 Å². The van der Waals surface area contributed by atoms with Crippen LogP contribution in [0, 0.1) is 0 Å². The maximum absolute atomic E-state index is 11.7. The van der Waals surface area contributed by atoms with Crippen LogP contribution in [0.1, 0.15) is 12.6 Å². The molecular weight excluding hydrogens is 280 g/mol. The maximum atomic E-state index is 11.7. The number of H-pyrrole nitrogens is 1. The predicted molar refractivity (Wildman–Crippen MR) is 71.1 cm³/mol. The van der Waals surface area contributed by atoms with Gasteiger partial charge in [0.05, 0.1) is 25.1 Å². The number of aromatic nitrogens is 4. The maximum Gasteiger partial charge on any atom is 0.280 e. The fourth-order valence-corrected chi connectivity index (χ4v) is 2.40. The molecule has 0 saturated carbocycles. The molecule has 3 atom stereocenters. The third-order valence-electron chi connectivity index (χ3n) is 3.29. The van der Waals surface area contributed by atoms with Crippen LogP contribution in [0.4, 0.5) is 5.95 Å². The van der Waals surface area contributed by atoms with Gasteiger partial charge >= 0.3 is 0 Å². The molecule has 11 nitrogen and oxygen atoms in total. The molecule has 21 heavy (non-hydrogen) atoms. The zero-order valence-corrected chi connectivity index (χ0v) is 10.7. The molecule has 0 aromatic carbocycles. The second-order valence-electron chi connectivity index (χ2n) is 4.61.